The summed E-state index contributed by atoms with van der Waals surface area (Å²) in [4.78, 5) is 30.9. The number of nitrogens with one attached hydrogen (secondary N) is 1. The summed E-state index contributed by atoms with van der Waals surface area (Å²) in [5.41, 5.74) is 1.19. The number of Topliss-reactive ketones (excluding diaryl/α,β-unsaturated/α-hetero) is 1. The summed E-state index contributed by atoms with van der Waals surface area (Å²) in [7, 11) is 0. The van der Waals surface area contributed by atoms with Crippen LogP contribution in [0.25, 0.3) is 0 Å². The number of anilines is 1. The summed E-state index contributed by atoms with van der Waals surface area (Å²) in [6, 6.07) is 5.21. The van der Waals surface area contributed by atoms with Gasteiger partial charge >= 0.3 is 0 Å². The Morgan fingerprint density at radius 1 is 1.38 bits per heavy atom. The van der Waals surface area contributed by atoms with Gasteiger partial charge in [-0.05, 0) is 32.0 Å². The van der Waals surface area contributed by atoms with Gasteiger partial charge in [-0.25, -0.2) is 4.98 Å². The lowest BCUT2D eigenvalue weighted by Crippen LogP contribution is -2.38. The number of amides is 1. The van der Waals surface area contributed by atoms with Crippen molar-refractivity contribution in [3.8, 4) is 5.75 Å². The number of aromatic nitrogens is 3. The Morgan fingerprint density at radius 3 is 2.81 bits per heavy atom. The molecular formula is C18H22N4O3S. The van der Waals surface area contributed by atoms with Crippen LogP contribution in [0.3, 0.4) is 0 Å². The van der Waals surface area contributed by atoms with Crippen molar-refractivity contribution < 1.29 is 14.3 Å². The Hall–Kier alpha value is -2.35. The minimum absolute atomic E-state index is 0.0312. The molecule has 26 heavy (non-hydrogen) atoms. The molecule has 0 aliphatic carbocycles. The first-order valence-corrected chi connectivity index (χ1v) is 9.49. The Kier molecular flexibility index (Phi) is 5.31. The quantitative estimate of drug-likeness (QED) is 0.618. The van der Waals surface area contributed by atoms with Gasteiger partial charge in [0, 0.05) is 18.0 Å². The fraction of sp³-hybridized carbons (Fsp3) is 0.444. The second-order valence-electron chi connectivity index (χ2n) is 6.39. The second kappa shape index (κ2) is 7.49. The molecule has 0 radical (unpaired) electrons. The molecule has 0 saturated heterocycles. The normalized spacial score (nSPS) is 15.0. The number of nitrogens with zero attached hydrogens (tertiary/aromatic N) is 3. The van der Waals surface area contributed by atoms with Crippen molar-refractivity contribution in [1.29, 1.82) is 0 Å². The number of fused-ring (bicyclic) bond motifs is 1. The molecule has 8 heteroatoms. The van der Waals surface area contributed by atoms with Crippen molar-refractivity contribution >= 4 is 29.1 Å². The van der Waals surface area contributed by atoms with Gasteiger partial charge in [-0.3, -0.25) is 14.7 Å². The summed E-state index contributed by atoms with van der Waals surface area (Å²) < 4.78 is 5.45. The average molecular weight is 374 g/mol. The highest BCUT2D eigenvalue weighted by atomic mass is 32.2. The maximum absolute atomic E-state index is 12.8. The van der Waals surface area contributed by atoms with Gasteiger partial charge in [-0.15, -0.1) is 5.10 Å². The topological polar surface area (TPSA) is 88.2 Å². The standard InChI is InChI=1S/C18H22N4O3S/c1-5-22-13-8-12(6-7-14(13)25-9-15(22)23)16(24)11(4)26-18-19-17(10(2)3)20-21-18/h6-8,10-11H,5,9H2,1-4H3,(H,19,20,21). The van der Waals surface area contributed by atoms with Crippen LogP contribution in [-0.2, 0) is 4.79 Å². The summed E-state index contributed by atoms with van der Waals surface area (Å²) in [6.07, 6.45) is 0. The fourth-order valence-corrected chi connectivity index (χ4v) is 3.53. The van der Waals surface area contributed by atoms with Crippen molar-refractivity contribution in [3.63, 3.8) is 0 Å². The summed E-state index contributed by atoms with van der Waals surface area (Å²) in [5, 5.41) is 7.26. The van der Waals surface area contributed by atoms with Gasteiger partial charge in [0.1, 0.15) is 11.6 Å². The van der Waals surface area contributed by atoms with Gasteiger partial charge in [0.05, 0.1) is 10.9 Å². The fourth-order valence-electron chi connectivity index (χ4n) is 2.72. The number of carbonyl (C=O) groups excluding carboxylic acids is 2. The van der Waals surface area contributed by atoms with Gasteiger partial charge in [-0.2, -0.15) is 0 Å². The van der Waals surface area contributed by atoms with E-state index in [1.165, 1.54) is 11.8 Å². The van der Waals surface area contributed by atoms with Gasteiger partial charge in [0.2, 0.25) is 5.16 Å². The number of likely N-dealkylation sites (N-methyl/N-ethyl adjacent to an activating group) is 1. The molecule has 138 valence electrons. The average Bonchev–Trinajstić information content (AvgIpc) is 3.09. The first-order valence-electron chi connectivity index (χ1n) is 8.61. The lowest BCUT2D eigenvalue weighted by atomic mass is 10.1. The zero-order valence-electron chi connectivity index (χ0n) is 15.3. The van der Waals surface area contributed by atoms with Crippen molar-refractivity contribution in [2.24, 2.45) is 0 Å². The third kappa shape index (κ3) is 3.60. The third-order valence-electron chi connectivity index (χ3n) is 4.18. The van der Waals surface area contributed by atoms with Gasteiger partial charge in [0.15, 0.2) is 12.4 Å². The smallest absolute Gasteiger partial charge is 0.265 e. The first-order chi connectivity index (χ1) is 12.4. The molecule has 2 heterocycles. The number of benzene rings is 1. The number of ether oxygens (including phenoxy) is 1. The van der Waals surface area contributed by atoms with E-state index in [4.69, 9.17) is 4.74 Å². The highest BCUT2D eigenvalue weighted by Gasteiger charge is 2.26. The predicted octanol–water partition coefficient (Wildman–Crippen LogP) is 3.04. The van der Waals surface area contributed by atoms with Crippen LogP contribution in [0.4, 0.5) is 5.69 Å². The van der Waals surface area contributed by atoms with E-state index in [-0.39, 0.29) is 29.5 Å². The first kappa shape index (κ1) is 18.4. The van der Waals surface area contributed by atoms with E-state index in [0.29, 0.717) is 28.7 Å². The van der Waals surface area contributed by atoms with Crippen LogP contribution < -0.4 is 9.64 Å². The molecule has 7 nitrogen and oxygen atoms in total. The van der Waals surface area contributed by atoms with Crippen LogP contribution in [0.15, 0.2) is 23.4 Å². The van der Waals surface area contributed by atoms with Crippen LogP contribution >= 0.6 is 11.8 Å². The Labute approximate surface area is 156 Å². The number of carbonyl (C=O) groups is 2. The number of rotatable bonds is 6. The van der Waals surface area contributed by atoms with E-state index in [1.807, 2.05) is 27.7 Å². The molecule has 0 fully saturated rings. The molecule has 1 aliphatic rings. The highest BCUT2D eigenvalue weighted by Crippen LogP contribution is 2.34. The molecule has 2 aromatic rings. The SMILES string of the molecule is CCN1C(=O)COc2ccc(C(=O)C(C)Sc3n[nH]c(C(C)C)n3)cc21. The minimum Gasteiger partial charge on any atom is -0.482 e. The van der Waals surface area contributed by atoms with E-state index >= 15 is 0 Å². The number of hydrogen-bond acceptors (Lipinski definition) is 6. The van der Waals surface area contributed by atoms with E-state index in [9.17, 15) is 9.59 Å². The monoisotopic (exact) mass is 374 g/mol. The Morgan fingerprint density at radius 2 is 2.15 bits per heavy atom. The molecule has 1 atom stereocenters. The lowest BCUT2D eigenvalue weighted by molar-refractivity contribution is -0.121. The van der Waals surface area contributed by atoms with Crippen LogP contribution in [-0.4, -0.2) is 45.3 Å². The van der Waals surface area contributed by atoms with E-state index in [0.717, 1.165) is 5.82 Å². The zero-order valence-corrected chi connectivity index (χ0v) is 16.1. The molecule has 1 unspecified atom stereocenters. The number of ketones is 1. The molecule has 1 aromatic heterocycles. The maximum atomic E-state index is 12.8. The largest absolute Gasteiger partial charge is 0.482 e. The van der Waals surface area contributed by atoms with Crippen molar-refractivity contribution in [2.45, 2.75) is 44.0 Å². The molecule has 3 rings (SSSR count). The Balaban J connectivity index is 1.78. The summed E-state index contributed by atoms with van der Waals surface area (Å²) >= 11 is 1.31. The number of thioether (sulfide) groups is 1. The number of aromatic amines is 1. The zero-order chi connectivity index (χ0) is 18.8. The van der Waals surface area contributed by atoms with Crippen molar-refractivity contribution in [3.05, 3.63) is 29.6 Å². The van der Waals surface area contributed by atoms with Crippen LogP contribution in [0, 0.1) is 0 Å². The second-order valence-corrected chi connectivity index (χ2v) is 7.70. The van der Waals surface area contributed by atoms with Gasteiger partial charge in [0.25, 0.3) is 5.91 Å². The Bertz CT molecular complexity index is 834. The molecule has 1 amide bonds. The molecule has 0 saturated carbocycles. The molecule has 0 bridgehead atoms. The molecular weight excluding hydrogens is 352 g/mol. The van der Waals surface area contributed by atoms with E-state index in [2.05, 4.69) is 15.2 Å². The lowest BCUT2D eigenvalue weighted by Gasteiger charge is -2.28. The van der Waals surface area contributed by atoms with Crippen molar-refractivity contribution in [2.75, 3.05) is 18.1 Å². The summed E-state index contributed by atoms with van der Waals surface area (Å²) in [6.45, 7) is 8.35. The molecule has 0 spiro atoms. The van der Waals surface area contributed by atoms with E-state index in [1.54, 1.807) is 23.1 Å². The summed E-state index contributed by atoms with van der Waals surface area (Å²) in [5.74, 6) is 1.53. The van der Waals surface area contributed by atoms with Gasteiger partial charge in [-0.1, -0.05) is 25.6 Å². The number of hydrogen-bond donors (Lipinski definition) is 1. The van der Waals surface area contributed by atoms with Crippen LogP contribution in [0.5, 0.6) is 5.75 Å². The number of H-pyrrole nitrogens is 1. The highest BCUT2D eigenvalue weighted by molar-refractivity contribution is 8.00. The van der Waals surface area contributed by atoms with Crippen molar-refractivity contribution in [1.82, 2.24) is 15.2 Å². The molecule has 1 N–H and O–H groups in total. The third-order valence-corrected chi connectivity index (χ3v) is 5.14. The van der Waals surface area contributed by atoms with E-state index < -0.39 is 0 Å². The van der Waals surface area contributed by atoms with Crippen LogP contribution in [0.1, 0.15) is 49.8 Å². The minimum atomic E-state index is -0.348. The molecule has 1 aliphatic heterocycles. The maximum Gasteiger partial charge on any atom is 0.265 e. The predicted molar refractivity (Wildman–Crippen MR) is 100 cm³/mol. The van der Waals surface area contributed by atoms with Gasteiger partial charge < -0.3 is 9.64 Å². The van der Waals surface area contributed by atoms with Crippen LogP contribution in [0.2, 0.25) is 0 Å². The molecule has 1 aromatic carbocycles.